The van der Waals surface area contributed by atoms with Crippen molar-refractivity contribution in [3.8, 4) is 5.75 Å². The van der Waals surface area contributed by atoms with Crippen LogP contribution in [0.4, 0.5) is 4.39 Å². The number of carboxylic acids is 1. The molecule has 1 aromatic carbocycles. The van der Waals surface area contributed by atoms with Crippen molar-refractivity contribution in [3.05, 3.63) is 52.1 Å². The molecule has 18 heavy (non-hydrogen) atoms. The van der Waals surface area contributed by atoms with Crippen molar-refractivity contribution >= 4 is 21.9 Å². The molecule has 0 amide bonds. The first kappa shape index (κ1) is 12.6. The average molecular weight is 315 g/mol. The Morgan fingerprint density at radius 2 is 2.22 bits per heavy atom. The molecule has 94 valence electrons. The van der Waals surface area contributed by atoms with Gasteiger partial charge in [0.15, 0.2) is 11.6 Å². The fraction of sp³-hybridized carbons (Fsp3) is 0.0833. The highest BCUT2D eigenvalue weighted by Gasteiger charge is 2.10. The summed E-state index contributed by atoms with van der Waals surface area (Å²) in [6, 6.07) is 5.64. The summed E-state index contributed by atoms with van der Waals surface area (Å²) in [4.78, 5) is 10.6. The first-order valence-corrected chi connectivity index (χ1v) is 5.74. The Kier molecular flexibility index (Phi) is 3.66. The van der Waals surface area contributed by atoms with E-state index in [1.165, 1.54) is 18.2 Å². The molecule has 0 saturated heterocycles. The lowest BCUT2D eigenvalue weighted by Crippen LogP contribution is -1.97. The lowest BCUT2D eigenvalue weighted by molar-refractivity contribution is 0.0696. The predicted octanol–water partition coefficient (Wildman–Crippen LogP) is 3.46. The zero-order valence-corrected chi connectivity index (χ0v) is 10.6. The van der Waals surface area contributed by atoms with Gasteiger partial charge < -0.3 is 14.3 Å². The fourth-order valence-corrected chi connectivity index (χ4v) is 1.65. The van der Waals surface area contributed by atoms with Gasteiger partial charge in [0, 0.05) is 4.47 Å². The largest absolute Gasteiger partial charge is 0.483 e. The van der Waals surface area contributed by atoms with Crippen LogP contribution in [0.2, 0.25) is 0 Å². The summed E-state index contributed by atoms with van der Waals surface area (Å²) >= 11 is 3.20. The maximum absolute atomic E-state index is 13.3. The summed E-state index contributed by atoms with van der Waals surface area (Å²) in [5.74, 6) is -1.20. The van der Waals surface area contributed by atoms with Gasteiger partial charge in [0.1, 0.15) is 18.6 Å². The van der Waals surface area contributed by atoms with Crippen molar-refractivity contribution in [3.63, 3.8) is 0 Å². The van der Waals surface area contributed by atoms with E-state index in [1.54, 1.807) is 6.07 Å². The second-order valence-electron chi connectivity index (χ2n) is 3.47. The quantitative estimate of drug-likeness (QED) is 0.939. The van der Waals surface area contributed by atoms with Crippen LogP contribution in [0, 0.1) is 5.82 Å². The highest BCUT2D eigenvalue weighted by molar-refractivity contribution is 9.10. The van der Waals surface area contributed by atoms with Crippen LogP contribution in [0.3, 0.4) is 0 Å². The molecule has 0 aliphatic carbocycles. The van der Waals surface area contributed by atoms with Crippen LogP contribution in [0.25, 0.3) is 0 Å². The van der Waals surface area contributed by atoms with E-state index >= 15 is 0 Å². The highest BCUT2D eigenvalue weighted by Crippen LogP contribution is 2.23. The molecule has 0 bridgehead atoms. The van der Waals surface area contributed by atoms with Crippen LogP contribution in [0.5, 0.6) is 5.75 Å². The number of carbonyl (C=O) groups is 1. The zero-order valence-electron chi connectivity index (χ0n) is 9.02. The molecule has 1 heterocycles. The monoisotopic (exact) mass is 314 g/mol. The smallest absolute Gasteiger partial charge is 0.338 e. The number of halogens is 2. The third-order valence-electron chi connectivity index (χ3n) is 2.16. The molecule has 0 aliphatic heterocycles. The van der Waals surface area contributed by atoms with Crippen LogP contribution in [-0.4, -0.2) is 11.1 Å². The molecule has 0 unspecified atom stereocenters. The number of furan rings is 1. The number of ether oxygens (including phenoxy) is 1. The summed E-state index contributed by atoms with van der Waals surface area (Å²) in [7, 11) is 0. The Morgan fingerprint density at radius 3 is 2.89 bits per heavy atom. The van der Waals surface area contributed by atoms with Crippen molar-refractivity contribution < 1.29 is 23.4 Å². The second-order valence-corrected chi connectivity index (χ2v) is 4.39. The number of aromatic carboxylic acids is 1. The van der Waals surface area contributed by atoms with Gasteiger partial charge >= 0.3 is 5.97 Å². The minimum absolute atomic E-state index is 0.0308. The lowest BCUT2D eigenvalue weighted by atomic mass is 10.3. The molecule has 1 N–H and O–H groups in total. The van der Waals surface area contributed by atoms with Gasteiger partial charge in [0.05, 0.1) is 5.56 Å². The molecule has 1 aromatic heterocycles. The second kappa shape index (κ2) is 5.22. The summed E-state index contributed by atoms with van der Waals surface area (Å²) in [5.41, 5.74) is 0.0308. The highest BCUT2D eigenvalue weighted by atomic mass is 79.9. The Balaban J connectivity index is 2.06. The van der Waals surface area contributed by atoms with E-state index in [4.69, 9.17) is 14.3 Å². The van der Waals surface area contributed by atoms with Crippen LogP contribution < -0.4 is 4.74 Å². The van der Waals surface area contributed by atoms with Crippen LogP contribution in [0.15, 0.2) is 39.4 Å². The molecule has 2 rings (SSSR count). The van der Waals surface area contributed by atoms with Gasteiger partial charge in [-0.3, -0.25) is 0 Å². The number of hydrogen-bond donors (Lipinski definition) is 1. The Labute approximate surface area is 110 Å². The topological polar surface area (TPSA) is 59.7 Å². The number of carboxylic acid groups (broad SMARTS) is 1. The summed E-state index contributed by atoms with van der Waals surface area (Å²) < 4.78 is 24.2. The molecule has 0 spiro atoms. The molecule has 4 nitrogen and oxygen atoms in total. The molecule has 0 saturated carbocycles. The zero-order chi connectivity index (χ0) is 13.1. The Bertz CT molecular complexity index is 579. The minimum Gasteiger partial charge on any atom is -0.483 e. The van der Waals surface area contributed by atoms with Gasteiger partial charge in [-0.15, -0.1) is 0 Å². The van der Waals surface area contributed by atoms with Crippen molar-refractivity contribution in [2.45, 2.75) is 6.61 Å². The summed E-state index contributed by atoms with van der Waals surface area (Å²) in [5, 5.41) is 8.70. The van der Waals surface area contributed by atoms with E-state index in [-0.39, 0.29) is 17.9 Å². The fourth-order valence-electron chi connectivity index (χ4n) is 1.31. The van der Waals surface area contributed by atoms with Crippen molar-refractivity contribution in [2.75, 3.05) is 0 Å². The standard InChI is InChI=1S/C12H8BrFO4/c13-8-1-2-10(14)11(4-8)18-6-9-3-7(5-17-9)12(15)16/h1-5H,6H2,(H,15,16). The third kappa shape index (κ3) is 2.89. The first-order valence-electron chi connectivity index (χ1n) is 4.95. The van der Waals surface area contributed by atoms with Crippen LogP contribution >= 0.6 is 15.9 Å². The van der Waals surface area contributed by atoms with Gasteiger partial charge in [-0.1, -0.05) is 15.9 Å². The molecule has 0 aliphatic rings. The maximum Gasteiger partial charge on any atom is 0.338 e. The SMILES string of the molecule is O=C(O)c1coc(COc2cc(Br)ccc2F)c1. The maximum atomic E-state index is 13.3. The number of rotatable bonds is 4. The molecular weight excluding hydrogens is 307 g/mol. The summed E-state index contributed by atoms with van der Waals surface area (Å²) in [6.07, 6.45) is 1.11. The van der Waals surface area contributed by atoms with Gasteiger partial charge in [0.25, 0.3) is 0 Å². The van der Waals surface area contributed by atoms with Crippen LogP contribution in [0.1, 0.15) is 16.1 Å². The van der Waals surface area contributed by atoms with E-state index in [1.807, 2.05) is 0 Å². The molecule has 0 fully saturated rings. The van der Waals surface area contributed by atoms with Crippen LogP contribution in [-0.2, 0) is 6.61 Å². The summed E-state index contributed by atoms with van der Waals surface area (Å²) in [6.45, 7) is -0.0410. The lowest BCUT2D eigenvalue weighted by Gasteiger charge is -2.05. The predicted molar refractivity (Wildman–Crippen MR) is 64.1 cm³/mol. The van der Waals surface area contributed by atoms with Crippen molar-refractivity contribution in [2.24, 2.45) is 0 Å². The normalized spacial score (nSPS) is 10.3. The van der Waals surface area contributed by atoms with Crippen molar-refractivity contribution in [1.82, 2.24) is 0 Å². The van der Waals surface area contributed by atoms with Gasteiger partial charge in [-0.2, -0.15) is 0 Å². The molecule has 6 heteroatoms. The third-order valence-corrected chi connectivity index (χ3v) is 2.66. The molecule has 2 aromatic rings. The molecule has 0 radical (unpaired) electrons. The molecular formula is C12H8BrFO4. The molecule has 0 atom stereocenters. The minimum atomic E-state index is -1.08. The van der Waals surface area contributed by atoms with Crippen molar-refractivity contribution in [1.29, 1.82) is 0 Å². The van der Waals surface area contributed by atoms with Gasteiger partial charge in [-0.05, 0) is 24.3 Å². The first-order chi connectivity index (χ1) is 8.56. The van der Waals surface area contributed by atoms with Gasteiger partial charge in [-0.25, -0.2) is 9.18 Å². The van der Waals surface area contributed by atoms with E-state index in [2.05, 4.69) is 15.9 Å². The van der Waals surface area contributed by atoms with E-state index < -0.39 is 11.8 Å². The Hall–Kier alpha value is -1.82. The van der Waals surface area contributed by atoms with E-state index in [0.717, 1.165) is 6.26 Å². The number of hydrogen-bond acceptors (Lipinski definition) is 3. The van der Waals surface area contributed by atoms with Gasteiger partial charge in [0.2, 0.25) is 0 Å². The Morgan fingerprint density at radius 1 is 1.44 bits per heavy atom. The average Bonchev–Trinajstić information content (AvgIpc) is 2.79. The van der Waals surface area contributed by atoms with E-state index in [9.17, 15) is 9.18 Å². The number of benzene rings is 1. The van der Waals surface area contributed by atoms with E-state index in [0.29, 0.717) is 10.2 Å².